The predicted octanol–water partition coefficient (Wildman–Crippen LogP) is 11.8. The maximum absolute atomic E-state index is 6.52. The first kappa shape index (κ1) is 23.9. The number of anilines is 3. The molecule has 2 heterocycles. The van der Waals surface area contributed by atoms with Crippen molar-refractivity contribution in [2.75, 3.05) is 4.90 Å². The predicted molar refractivity (Wildman–Crippen MR) is 179 cm³/mol. The van der Waals surface area contributed by atoms with Gasteiger partial charge in [0.15, 0.2) is 5.58 Å². The van der Waals surface area contributed by atoms with E-state index in [1.165, 1.54) is 21.9 Å². The number of furan rings is 2. The van der Waals surface area contributed by atoms with Gasteiger partial charge < -0.3 is 13.7 Å². The molecule has 0 fully saturated rings. The molecular formula is C40H25NO2. The zero-order valence-corrected chi connectivity index (χ0v) is 23.2. The lowest BCUT2D eigenvalue weighted by Gasteiger charge is -2.25. The van der Waals surface area contributed by atoms with E-state index >= 15 is 0 Å². The van der Waals surface area contributed by atoms with Crippen molar-refractivity contribution >= 4 is 71.7 Å². The molecule has 9 rings (SSSR count). The van der Waals surface area contributed by atoms with E-state index in [9.17, 15) is 0 Å². The van der Waals surface area contributed by atoms with Crippen molar-refractivity contribution < 1.29 is 8.83 Å². The van der Waals surface area contributed by atoms with Crippen LogP contribution in [0, 0.1) is 0 Å². The highest BCUT2D eigenvalue weighted by Crippen LogP contribution is 2.44. The fourth-order valence-corrected chi connectivity index (χ4v) is 6.44. The summed E-state index contributed by atoms with van der Waals surface area (Å²) in [6.45, 7) is 0. The number of nitrogens with zero attached hydrogens (tertiary/aromatic N) is 1. The second-order valence-corrected chi connectivity index (χ2v) is 10.9. The molecule has 0 N–H and O–H groups in total. The lowest BCUT2D eigenvalue weighted by Crippen LogP contribution is -2.10. The Morgan fingerprint density at radius 2 is 1.12 bits per heavy atom. The maximum atomic E-state index is 6.52. The third-order valence-electron chi connectivity index (χ3n) is 8.46. The van der Waals surface area contributed by atoms with Crippen molar-refractivity contribution in [2.45, 2.75) is 0 Å². The van der Waals surface area contributed by atoms with E-state index in [1.807, 2.05) is 18.2 Å². The first-order valence-corrected chi connectivity index (χ1v) is 14.5. The first-order chi connectivity index (χ1) is 21.3. The third kappa shape index (κ3) is 3.75. The number of rotatable bonds is 4. The lowest BCUT2D eigenvalue weighted by molar-refractivity contribution is 0.667. The molecule has 2 aromatic heterocycles. The van der Waals surface area contributed by atoms with Gasteiger partial charge in [0.2, 0.25) is 0 Å². The number of hydrogen-bond acceptors (Lipinski definition) is 3. The second kappa shape index (κ2) is 9.37. The van der Waals surface area contributed by atoms with E-state index in [-0.39, 0.29) is 0 Å². The van der Waals surface area contributed by atoms with Gasteiger partial charge in [-0.25, -0.2) is 0 Å². The molecule has 0 aliphatic heterocycles. The minimum absolute atomic E-state index is 0.853. The van der Waals surface area contributed by atoms with Crippen LogP contribution in [0.4, 0.5) is 17.1 Å². The summed E-state index contributed by atoms with van der Waals surface area (Å²) >= 11 is 0. The monoisotopic (exact) mass is 551 g/mol. The molecule has 0 bridgehead atoms. The Kier molecular flexibility index (Phi) is 5.20. The highest BCUT2D eigenvalue weighted by molar-refractivity contribution is 6.19. The molecule has 0 aliphatic carbocycles. The summed E-state index contributed by atoms with van der Waals surface area (Å²) in [6, 6.07) is 53.0. The largest absolute Gasteiger partial charge is 0.456 e. The Morgan fingerprint density at radius 1 is 0.395 bits per heavy atom. The third-order valence-corrected chi connectivity index (χ3v) is 8.46. The summed E-state index contributed by atoms with van der Waals surface area (Å²) in [5.41, 5.74) is 8.85. The second-order valence-electron chi connectivity index (χ2n) is 10.9. The molecule has 7 aromatic carbocycles. The summed E-state index contributed by atoms with van der Waals surface area (Å²) in [5.74, 6) is 0. The van der Waals surface area contributed by atoms with Crippen LogP contribution in [0.1, 0.15) is 0 Å². The van der Waals surface area contributed by atoms with Gasteiger partial charge in [-0.05, 0) is 64.4 Å². The van der Waals surface area contributed by atoms with E-state index in [4.69, 9.17) is 8.83 Å². The topological polar surface area (TPSA) is 29.5 Å². The Labute approximate surface area is 247 Å². The minimum Gasteiger partial charge on any atom is -0.456 e. The van der Waals surface area contributed by atoms with Crippen LogP contribution in [0.5, 0.6) is 0 Å². The molecule has 0 aliphatic rings. The van der Waals surface area contributed by atoms with Crippen molar-refractivity contribution in [3.05, 3.63) is 152 Å². The van der Waals surface area contributed by atoms with Crippen molar-refractivity contribution in [2.24, 2.45) is 0 Å². The van der Waals surface area contributed by atoms with Crippen molar-refractivity contribution in [1.29, 1.82) is 0 Å². The minimum atomic E-state index is 0.853. The number of para-hydroxylation sites is 2. The fourth-order valence-electron chi connectivity index (χ4n) is 6.44. The van der Waals surface area contributed by atoms with Gasteiger partial charge in [0.05, 0.1) is 11.4 Å². The van der Waals surface area contributed by atoms with Crippen molar-refractivity contribution in [3.63, 3.8) is 0 Å². The molecular weight excluding hydrogens is 526 g/mol. The van der Waals surface area contributed by atoms with Crippen molar-refractivity contribution in [3.8, 4) is 11.1 Å². The van der Waals surface area contributed by atoms with Crippen LogP contribution < -0.4 is 4.90 Å². The maximum Gasteiger partial charge on any atom is 0.159 e. The van der Waals surface area contributed by atoms with E-state index in [0.717, 1.165) is 60.9 Å². The van der Waals surface area contributed by atoms with Gasteiger partial charge in [0, 0.05) is 33.3 Å². The summed E-state index contributed by atoms with van der Waals surface area (Å²) in [6.07, 6.45) is 0. The number of hydrogen-bond donors (Lipinski definition) is 0. The average Bonchev–Trinajstić information content (AvgIpc) is 3.64. The van der Waals surface area contributed by atoms with E-state index < -0.39 is 0 Å². The fraction of sp³-hybridized carbons (Fsp3) is 0. The van der Waals surface area contributed by atoms with Gasteiger partial charge in [-0.2, -0.15) is 0 Å². The van der Waals surface area contributed by atoms with Crippen LogP contribution in [-0.2, 0) is 0 Å². The summed E-state index contributed by atoms with van der Waals surface area (Å²) in [5, 5.41) is 6.87. The zero-order valence-electron chi connectivity index (χ0n) is 23.2. The van der Waals surface area contributed by atoms with Gasteiger partial charge in [0.1, 0.15) is 16.7 Å². The molecule has 43 heavy (non-hydrogen) atoms. The number of fused-ring (bicyclic) bond motifs is 8. The summed E-state index contributed by atoms with van der Waals surface area (Å²) in [4.78, 5) is 2.27. The van der Waals surface area contributed by atoms with E-state index in [1.54, 1.807) is 0 Å². The molecule has 3 nitrogen and oxygen atoms in total. The number of benzene rings is 7. The molecule has 0 radical (unpaired) electrons. The molecule has 3 heteroatoms. The van der Waals surface area contributed by atoms with Gasteiger partial charge in [-0.15, -0.1) is 0 Å². The van der Waals surface area contributed by atoms with Gasteiger partial charge in [0.25, 0.3) is 0 Å². The highest BCUT2D eigenvalue weighted by atomic mass is 16.3. The molecule has 0 unspecified atom stereocenters. The van der Waals surface area contributed by atoms with Crippen molar-refractivity contribution in [1.82, 2.24) is 0 Å². The summed E-state index contributed by atoms with van der Waals surface area (Å²) in [7, 11) is 0. The van der Waals surface area contributed by atoms with Gasteiger partial charge in [-0.3, -0.25) is 0 Å². The average molecular weight is 552 g/mol. The smallest absolute Gasteiger partial charge is 0.159 e. The molecule has 0 spiro atoms. The summed E-state index contributed by atoms with van der Waals surface area (Å²) < 4.78 is 13.0. The highest BCUT2D eigenvalue weighted by Gasteiger charge is 2.21. The molecule has 0 saturated carbocycles. The molecule has 0 amide bonds. The van der Waals surface area contributed by atoms with Crippen LogP contribution in [-0.4, -0.2) is 0 Å². The Balaban J connectivity index is 1.27. The van der Waals surface area contributed by atoms with E-state index in [2.05, 4.69) is 138 Å². The standard InChI is InChI=1S/C40H25NO2/c1-2-9-26(10-3-1)27-17-20-29(21-18-27)41(35-15-8-14-33-32-13-6-7-16-36(32)43-40(33)35)30-22-23-34-38(25-30)42-37-24-19-28-11-4-5-12-31(28)39(34)37/h1-25H. The van der Waals surface area contributed by atoms with Crippen LogP contribution in [0.2, 0.25) is 0 Å². The lowest BCUT2D eigenvalue weighted by atomic mass is 10.0. The van der Waals surface area contributed by atoms with E-state index in [0.29, 0.717) is 0 Å². The normalized spacial score (nSPS) is 11.7. The quantitative estimate of drug-likeness (QED) is 0.218. The Morgan fingerprint density at radius 3 is 2.00 bits per heavy atom. The molecule has 0 saturated heterocycles. The van der Waals surface area contributed by atoms with Crippen LogP contribution in [0.25, 0.3) is 65.8 Å². The molecule has 202 valence electrons. The van der Waals surface area contributed by atoms with Gasteiger partial charge >= 0.3 is 0 Å². The van der Waals surface area contributed by atoms with Crippen LogP contribution in [0.15, 0.2) is 160 Å². The Bertz CT molecular complexity index is 2450. The first-order valence-electron chi connectivity index (χ1n) is 14.5. The van der Waals surface area contributed by atoms with Gasteiger partial charge in [-0.1, -0.05) is 103 Å². The SMILES string of the molecule is c1ccc(-c2ccc(N(c3ccc4c(c3)oc3ccc5ccccc5c34)c3cccc4c3oc3ccccc34)cc2)cc1. The Hall–Kier alpha value is -5.80. The van der Waals surface area contributed by atoms with Crippen LogP contribution >= 0.6 is 0 Å². The molecule has 9 aromatic rings. The van der Waals surface area contributed by atoms with Crippen LogP contribution in [0.3, 0.4) is 0 Å². The molecule has 0 atom stereocenters. The zero-order chi connectivity index (χ0) is 28.3.